The number of aromatic nitrogens is 5. The van der Waals surface area contributed by atoms with Crippen LogP contribution in [0.2, 0.25) is 0 Å². The van der Waals surface area contributed by atoms with Gasteiger partial charge in [0.25, 0.3) is 5.91 Å². The highest BCUT2D eigenvalue weighted by Crippen LogP contribution is 2.32. The maximum atomic E-state index is 12.9. The first kappa shape index (κ1) is 24.9. The van der Waals surface area contributed by atoms with Crippen molar-refractivity contribution in [1.82, 2.24) is 34.6 Å². The minimum absolute atomic E-state index is 0.0665. The number of ether oxygens (including phenoxy) is 1. The maximum Gasteiger partial charge on any atom is 0.253 e. The molecule has 0 saturated carbocycles. The summed E-state index contributed by atoms with van der Waals surface area (Å²) < 4.78 is 12.8. The molecule has 0 unspecified atom stereocenters. The number of hydrogen-bond donors (Lipinski definition) is 1. The molecule has 3 aromatic heterocycles. The van der Waals surface area contributed by atoms with Crippen molar-refractivity contribution in [1.29, 1.82) is 0 Å². The quantitative estimate of drug-likeness (QED) is 0.313. The van der Waals surface area contributed by atoms with E-state index >= 15 is 0 Å². The fraction of sp³-hybridized carbons (Fsp3) is 0.222. The van der Waals surface area contributed by atoms with E-state index < -0.39 is 0 Å². The van der Waals surface area contributed by atoms with Crippen LogP contribution < -0.4 is 10.5 Å². The molecule has 11 heteroatoms. The SMILES string of the molecule is CN(C)CCCN(C)C(=O)c1cccc(Oc2cc3c(cn2)nc(-c2nonc2N)n3-c2ccccc2)c1. The van der Waals surface area contributed by atoms with Gasteiger partial charge in [0.05, 0.1) is 11.7 Å². The summed E-state index contributed by atoms with van der Waals surface area (Å²) >= 11 is 0. The van der Waals surface area contributed by atoms with Gasteiger partial charge in [-0.2, -0.15) is 0 Å². The predicted molar refractivity (Wildman–Crippen MR) is 143 cm³/mol. The van der Waals surface area contributed by atoms with Crippen LogP contribution in [0.3, 0.4) is 0 Å². The van der Waals surface area contributed by atoms with Crippen LogP contribution in [0.4, 0.5) is 5.82 Å². The van der Waals surface area contributed by atoms with Crippen LogP contribution in [0, 0.1) is 0 Å². The number of anilines is 1. The van der Waals surface area contributed by atoms with Gasteiger partial charge in [0.15, 0.2) is 17.3 Å². The normalized spacial score (nSPS) is 11.3. The number of pyridine rings is 1. The molecule has 0 atom stereocenters. The van der Waals surface area contributed by atoms with Crippen LogP contribution in [0.5, 0.6) is 11.6 Å². The first-order valence-corrected chi connectivity index (χ1v) is 12.1. The Bertz CT molecular complexity index is 1560. The molecule has 3 heterocycles. The van der Waals surface area contributed by atoms with Gasteiger partial charge in [-0.1, -0.05) is 24.3 Å². The monoisotopic (exact) mass is 512 g/mol. The lowest BCUT2D eigenvalue weighted by atomic mass is 10.2. The Kier molecular flexibility index (Phi) is 7.00. The van der Waals surface area contributed by atoms with Crippen LogP contribution in [0.1, 0.15) is 16.8 Å². The summed E-state index contributed by atoms with van der Waals surface area (Å²) in [5, 5.41) is 7.64. The van der Waals surface area contributed by atoms with Crippen molar-refractivity contribution < 1.29 is 14.2 Å². The van der Waals surface area contributed by atoms with Gasteiger partial charge in [0, 0.05) is 30.9 Å². The molecule has 38 heavy (non-hydrogen) atoms. The van der Waals surface area contributed by atoms with Crippen LogP contribution in [-0.2, 0) is 0 Å². The first-order chi connectivity index (χ1) is 18.4. The molecule has 11 nitrogen and oxygen atoms in total. The molecule has 0 aliphatic heterocycles. The summed E-state index contributed by atoms with van der Waals surface area (Å²) in [6.45, 7) is 1.58. The zero-order valence-electron chi connectivity index (χ0n) is 21.4. The molecular formula is C27H28N8O3. The first-order valence-electron chi connectivity index (χ1n) is 12.1. The largest absolute Gasteiger partial charge is 0.439 e. The number of carbonyl (C=O) groups is 1. The molecular weight excluding hydrogens is 484 g/mol. The Morgan fingerprint density at radius 3 is 2.58 bits per heavy atom. The van der Waals surface area contributed by atoms with Gasteiger partial charge < -0.3 is 20.3 Å². The van der Waals surface area contributed by atoms with E-state index in [1.807, 2.05) is 49.0 Å². The molecule has 5 rings (SSSR count). The van der Waals surface area contributed by atoms with Crippen LogP contribution >= 0.6 is 0 Å². The van der Waals surface area contributed by atoms with E-state index in [0.29, 0.717) is 40.8 Å². The standard InChI is InChI=1S/C27H28N8O3/c1-33(2)13-8-14-34(3)27(36)18-9-7-12-20(15-18)37-23-16-22-21(17-29-23)30-26(24-25(28)32-38-31-24)35(22)19-10-5-4-6-11-19/h4-7,9-12,15-17H,8,13-14H2,1-3H3,(H2,28,32). The zero-order valence-corrected chi connectivity index (χ0v) is 21.4. The Morgan fingerprint density at radius 1 is 1.03 bits per heavy atom. The summed E-state index contributed by atoms with van der Waals surface area (Å²) in [7, 11) is 5.84. The fourth-order valence-electron chi connectivity index (χ4n) is 4.13. The van der Waals surface area contributed by atoms with Gasteiger partial charge in [0.2, 0.25) is 5.88 Å². The fourth-order valence-corrected chi connectivity index (χ4v) is 4.13. The molecule has 0 spiro atoms. The third-order valence-corrected chi connectivity index (χ3v) is 6.00. The molecule has 0 saturated heterocycles. The molecule has 194 valence electrons. The van der Waals surface area contributed by atoms with E-state index in [4.69, 9.17) is 15.1 Å². The Labute approximate surface area is 219 Å². The minimum atomic E-state index is -0.0665. The van der Waals surface area contributed by atoms with Crippen molar-refractivity contribution in [3.05, 3.63) is 72.4 Å². The van der Waals surface area contributed by atoms with Gasteiger partial charge in [-0.05, 0) is 67.7 Å². The topological polar surface area (TPSA) is 128 Å². The molecule has 0 bridgehead atoms. The van der Waals surface area contributed by atoms with Gasteiger partial charge in [-0.3, -0.25) is 9.36 Å². The van der Waals surface area contributed by atoms with Gasteiger partial charge in [-0.25, -0.2) is 14.6 Å². The van der Waals surface area contributed by atoms with Gasteiger partial charge in [0.1, 0.15) is 11.3 Å². The molecule has 0 aliphatic carbocycles. The second kappa shape index (κ2) is 10.7. The predicted octanol–water partition coefficient (Wildman–Crippen LogP) is 3.87. The highest BCUT2D eigenvalue weighted by molar-refractivity contribution is 5.94. The van der Waals surface area contributed by atoms with E-state index in [1.165, 1.54) is 0 Å². The second-order valence-corrected chi connectivity index (χ2v) is 9.13. The third-order valence-electron chi connectivity index (χ3n) is 6.00. The summed E-state index contributed by atoms with van der Waals surface area (Å²) in [4.78, 5) is 25.9. The molecule has 2 N–H and O–H groups in total. The Morgan fingerprint density at radius 2 is 1.84 bits per heavy atom. The molecule has 0 fully saturated rings. The average Bonchev–Trinajstić information content (AvgIpc) is 3.51. The van der Waals surface area contributed by atoms with E-state index in [1.54, 1.807) is 48.5 Å². The van der Waals surface area contributed by atoms with Crippen molar-refractivity contribution in [3.8, 4) is 28.8 Å². The molecule has 0 aliphatic rings. The molecule has 5 aromatic rings. The lowest BCUT2D eigenvalue weighted by Gasteiger charge is -2.19. The van der Waals surface area contributed by atoms with E-state index in [-0.39, 0.29) is 11.7 Å². The van der Waals surface area contributed by atoms with Gasteiger partial charge >= 0.3 is 0 Å². The number of imidazole rings is 1. The molecule has 1 amide bonds. The van der Waals surface area contributed by atoms with Crippen molar-refractivity contribution in [2.24, 2.45) is 0 Å². The molecule has 0 radical (unpaired) electrons. The number of carbonyl (C=O) groups excluding carboxylic acids is 1. The van der Waals surface area contributed by atoms with Crippen molar-refractivity contribution >= 4 is 22.8 Å². The number of hydrogen-bond acceptors (Lipinski definition) is 9. The summed E-state index contributed by atoms with van der Waals surface area (Å²) in [6.07, 6.45) is 2.51. The Hall–Kier alpha value is -4.77. The second-order valence-electron chi connectivity index (χ2n) is 9.13. The summed E-state index contributed by atoms with van der Waals surface area (Å²) in [6, 6.07) is 18.5. The number of amides is 1. The Balaban J connectivity index is 1.45. The van der Waals surface area contributed by atoms with Crippen LogP contribution in [0.25, 0.3) is 28.2 Å². The van der Waals surface area contributed by atoms with E-state index in [9.17, 15) is 4.79 Å². The number of rotatable bonds is 9. The van der Waals surface area contributed by atoms with Gasteiger partial charge in [-0.15, -0.1) is 0 Å². The van der Waals surface area contributed by atoms with E-state index in [2.05, 4.69) is 25.2 Å². The number of nitrogens with zero attached hydrogens (tertiary/aromatic N) is 7. The zero-order chi connectivity index (χ0) is 26.6. The number of fused-ring (bicyclic) bond motifs is 1. The molecule has 2 aromatic carbocycles. The third kappa shape index (κ3) is 5.18. The summed E-state index contributed by atoms with van der Waals surface area (Å²) in [5.74, 6) is 1.38. The van der Waals surface area contributed by atoms with Crippen molar-refractivity contribution in [2.75, 3.05) is 40.0 Å². The van der Waals surface area contributed by atoms with Crippen LogP contribution in [-0.4, -0.2) is 74.8 Å². The highest BCUT2D eigenvalue weighted by Gasteiger charge is 2.21. The number of para-hydroxylation sites is 1. The number of nitrogens with two attached hydrogens (primary N) is 1. The van der Waals surface area contributed by atoms with Crippen LogP contribution in [0.15, 0.2) is 71.5 Å². The number of nitrogen functional groups attached to an aromatic ring is 1. The van der Waals surface area contributed by atoms with Crippen molar-refractivity contribution in [3.63, 3.8) is 0 Å². The average molecular weight is 513 g/mol. The maximum absolute atomic E-state index is 12.9. The lowest BCUT2D eigenvalue weighted by molar-refractivity contribution is 0.0790. The smallest absolute Gasteiger partial charge is 0.253 e. The van der Waals surface area contributed by atoms with Crippen molar-refractivity contribution in [2.45, 2.75) is 6.42 Å². The minimum Gasteiger partial charge on any atom is -0.439 e. The number of benzene rings is 2. The van der Waals surface area contributed by atoms with E-state index in [0.717, 1.165) is 24.2 Å². The summed E-state index contributed by atoms with van der Waals surface area (Å²) in [5.41, 5.74) is 9.03. The highest BCUT2D eigenvalue weighted by atomic mass is 16.6. The lowest BCUT2D eigenvalue weighted by Crippen LogP contribution is -2.29.